The molecule has 0 atom stereocenters. The Kier molecular flexibility index (Phi) is 4.32. The molecule has 1 saturated carbocycles. The molecule has 0 saturated heterocycles. The summed E-state index contributed by atoms with van der Waals surface area (Å²) in [6.45, 7) is 4.94. The predicted molar refractivity (Wildman–Crippen MR) is 86.3 cm³/mol. The summed E-state index contributed by atoms with van der Waals surface area (Å²) in [6.07, 6.45) is 2.50. The number of halogens is 1. The second-order valence-electron chi connectivity index (χ2n) is 5.82. The fourth-order valence-corrected chi connectivity index (χ4v) is 3.36. The Morgan fingerprint density at radius 2 is 1.95 bits per heavy atom. The fraction of sp³-hybridized carbons (Fsp3) is 0.333. The van der Waals surface area contributed by atoms with Crippen LogP contribution in [0.1, 0.15) is 29.5 Å². The molecule has 3 rings (SSSR count). The van der Waals surface area contributed by atoms with Crippen LogP contribution >= 0.6 is 11.8 Å². The first kappa shape index (κ1) is 14.6. The lowest BCUT2D eigenvalue weighted by atomic mass is 10.2. The van der Waals surface area contributed by atoms with Gasteiger partial charge < -0.3 is 5.32 Å². The van der Waals surface area contributed by atoms with E-state index in [2.05, 4.69) is 43.4 Å². The van der Waals surface area contributed by atoms with Crippen LogP contribution in [-0.4, -0.2) is 6.04 Å². The summed E-state index contributed by atoms with van der Waals surface area (Å²) in [7, 11) is 0. The van der Waals surface area contributed by atoms with Gasteiger partial charge in [-0.1, -0.05) is 29.5 Å². The second kappa shape index (κ2) is 6.20. The van der Waals surface area contributed by atoms with Gasteiger partial charge in [0.25, 0.3) is 0 Å². The third-order valence-corrected chi connectivity index (χ3v) is 4.81. The largest absolute Gasteiger partial charge is 0.310 e. The number of aryl methyl sites for hydroxylation is 2. The molecule has 0 amide bonds. The molecule has 21 heavy (non-hydrogen) atoms. The summed E-state index contributed by atoms with van der Waals surface area (Å²) in [4.78, 5) is 2.15. The fourth-order valence-electron chi connectivity index (χ4n) is 2.37. The van der Waals surface area contributed by atoms with E-state index in [1.807, 2.05) is 0 Å². The lowest BCUT2D eigenvalue weighted by molar-refractivity contribution is 0.615. The molecule has 0 aromatic heterocycles. The van der Waals surface area contributed by atoms with E-state index in [0.29, 0.717) is 6.04 Å². The van der Waals surface area contributed by atoms with Crippen molar-refractivity contribution < 1.29 is 4.39 Å². The molecule has 2 aromatic carbocycles. The van der Waals surface area contributed by atoms with E-state index in [4.69, 9.17) is 0 Å². The molecule has 1 fully saturated rings. The van der Waals surface area contributed by atoms with Crippen molar-refractivity contribution in [3.8, 4) is 0 Å². The molecule has 0 bridgehead atoms. The third kappa shape index (κ3) is 4.08. The molecule has 0 spiro atoms. The van der Waals surface area contributed by atoms with Crippen LogP contribution in [0.4, 0.5) is 4.39 Å². The minimum atomic E-state index is -0.155. The lowest BCUT2D eigenvalue weighted by Gasteiger charge is -2.09. The van der Waals surface area contributed by atoms with Gasteiger partial charge in [0.2, 0.25) is 0 Å². The van der Waals surface area contributed by atoms with Crippen LogP contribution in [0, 0.1) is 19.7 Å². The summed E-state index contributed by atoms with van der Waals surface area (Å²) < 4.78 is 13.8. The average Bonchev–Trinajstić information content (AvgIpc) is 3.23. The zero-order valence-corrected chi connectivity index (χ0v) is 13.3. The molecular weight excluding hydrogens is 281 g/mol. The van der Waals surface area contributed by atoms with Gasteiger partial charge in [-0.2, -0.15) is 0 Å². The molecule has 1 nitrogen and oxygen atoms in total. The number of benzene rings is 2. The van der Waals surface area contributed by atoms with E-state index in [-0.39, 0.29) is 5.82 Å². The highest BCUT2D eigenvalue weighted by Crippen LogP contribution is 2.32. The molecular formula is C18H20FNS. The topological polar surface area (TPSA) is 12.0 Å². The van der Waals surface area contributed by atoms with Gasteiger partial charge >= 0.3 is 0 Å². The monoisotopic (exact) mass is 301 g/mol. The third-order valence-electron chi connectivity index (χ3n) is 3.66. The Hall–Kier alpha value is -1.32. The number of rotatable bonds is 5. The molecule has 0 unspecified atom stereocenters. The van der Waals surface area contributed by atoms with Crippen molar-refractivity contribution in [3.05, 3.63) is 58.9 Å². The van der Waals surface area contributed by atoms with Crippen LogP contribution in [0.15, 0.2) is 46.2 Å². The Balaban J connectivity index is 1.77. The van der Waals surface area contributed by atoms with Crippen molar-refractivity contribution in [2.75, 3.05) is 0 Å². The van der Waals surface area contributed by atoms with Gasteiger partial charge in [-0.25, -0.2) is 4.39 Å². The molecule has 1 N–H and O–H groups in total. The Morgan fingerprint density at radius 3 is 2.67 bits per heavy atom. The molecule has 0 aliphatic heterocycles. The van der Waals surface area contributed by atoms with Crippen LogP contribution < -0.4 is 5.32 Å². The van der Waals surface area contributed by atoms with Crippen molar-refractivity contribution in [1.82, 2.24) is 5.32 Å². The summed E-state index contributed by atoms with van der Waals surface area (Å²) in [6, 6.07) is 12.3. The van der Waals surface area contributed by atoms with Crippen LogP contribution in [0.5, 0.6) is 0 Å². The van der Waals surface area contributed by atoms with Crippen molar-refractivity contribution in [2.24, 2.45) is 0 Å². The number of hydrogen-bond acceptors (Lipinski definition) is 2. The molecule has 110 valence electrons. The van der Waals surface area contributed by atoms with Crippen LogP contribution in [0.3, 0.4) is 0 Å². The van der Waals surface area contributed by atoms with Gasteiger partial charge in [0, 0.05) is 22.4 Å². The molecule has 3 heteroatoms. The zero-order chi connectivity index (χ0) is 14.8. The van der Waals surface area contributed by atoms with Gasteiger partial charge in [-0.05, 0) is 62.1 Å². The van der Waals surface area contributed by atoms with E-state index in [0.717, 1.165) is 17.0 Å². The SMILES string of the molecule is Cc1ccc(Sc2cc(F)cc(CNC3CC3)c2)c(C)c1. The highest BCUT2D eigenvalue weighted by Gasteiger charge is 2.20. The highest BCUT2D eigenvalue weighted by molar-refractivity contribution is 7.99. The smallest absolute Gasteiger partial charge is 0.124 e. The van der Waals surface area contributed by atoms with E-state index in [9.17, 15) is 4.39 Å². The standard InChI is InChI=1S/C18H20FNS/c1-12-3-6-18(13(2)7-12)21-17-9-14(8-15(19)10-17)11-20-16-4-5-16/h3,6-10,16,20H,4-5,11H2,1-2H3. The maximum atomic E-state index is 13.8. The zero-order valence-electron chi connectivity index (χ0n) is 12.4. The predicted octanol–water partition coefficient (Wildman–Crippen LogP) is 4.85. The van der Waals surface area contributed by atoms with Crippen LogP contribution in [0.25, 0.3) is 0 Å². The van der Waals surface area contributed by atoms with Gasteiger partial charge in [-0.15, -0.1) is 0 Å². The Bertz CT molecular complexity index is 650. The number of hydrogen-bond donors (Lipinski definition) is 1. The van der Waals surface area contributed by atoms with Crippen molar-refractivity contribution in [2.45, 2.75) is 49.1 Å². The van der Waals surface area contributed by atoms with E-state index < -0.39 is 0 Å². The molecule has 1 aliphatic carbocycles. The average molecular weight is 301 g/mol. The van der Waals surface area contributed by atoms with Gasteiger partial charge in [0.1, 0.15) is 5.82 Å². The van der Waals surface area contributed by atoms with Gasteiger partial charge in [0.15, 0.2) is 0 Å². The van der Waals surface area contributed by atoms with E-state index in [1.165, 1.54) is 28.9 Å². The highest BCUT2D eigenvalue weighted by atomic mass is 32.2. The first-order valence-electron chi connectivity index (χ1n) is 7.38. The van der Waals surface area contributed by atoms with E-state index >= 15 is 0 Å². The maximum absolute atomic E-state index is 13.8. The van der Waals surface area contributed by atoms with Crippen molar-refractivity contribution in [3.63, 3.8) is 0 Å². The summed E-state index contributed by atoms with van der Waals surface area (Å²) in [5.74, 6) is -0.155. The molecule has 0 radical (unpaired) electrons. The minimum absolute atomic E-state index is 0.155. The minimum Gasteiger partial charge on any atom is -0.310 e. The second-order valence-corrected chi connectivity index (χ2v) is 6.94. The number of nitrogens with one attached hydrogen (secondary N) is 1. The lowest BCUT2D eigenvalue weighted by Crippen LogP contribution is -2.15. The first-order chi connectivity index (χ1) is 10.1. The van der Waals surface area contributed by atoms with Crippen molar-refractivity contribution in [1.29, 1.82) is 0 Å². The van der Waals surface area contributed by atoms with Crippen molar-refractivity contribution >= 4 is 11.8 Å². The van der Waals surface area contributed by atoms with Crippen LogP contribution in [0.2, 0.25) is 0 Å². The first-order valence-corrected chi connectivity index (χ1v) is 8.20. The summed E-state index contributed by atoms with van der Waals surface area (Å²) in [5.41, 5.74) is 3.52. The van der Waals surface area contributed by atoms with Crippen LogP contribution in [-0.2, 0) is 6.54 Å². The maximum Gasteiger partial charge on any atom is 0.124 e. The van der Waals surface area contributed by atoms with Gasteiger partial charge in [-0.3, -0.25) is 0 Å². The molecule has 2 aromatic rings. The van der Waals surface area contributed by atoms with Gasteiger partial charge in [0.05, 0.1) is 0 Å². The quantitative estimate of drug-likeness (QED) is 0.847. The normalized spacial score (nSPS) is 14.4. The summed E-state index contributed by atoms with van der Waals surface area (Å²) in [5, 5.41) is 3.43. The van der Waals surface area contributed by atoms with E-state index in [1.54, 1.807) is 23.9 Å². The summed E-state index contributed by atoms with van der Waals surface area (Å²) >= 11 is 1.63. The molecule has 0 heterocycles. The molecule has 1 aliphatic rings. The Morgan fingerprint density at radius 1 is 1.14 bits per heavy atom. The Labute approximate surface area is 130 Å².